The minimum Gasteiger partial charge on any atom is -0.481 e. The average molecular weight is 750 g/mol. The molecule has 0 aromatic carbocycles. The van der Waals surface area contributed by atoms with Crippen LogP contribution in [0.5, 0.6) is 0 Å². The lowest BCUT2D eigenvalue weighted by molar-refractivity contribution is -0.312. The summed E-state index contributed by atoms with van der Waals surface area (Å²) in [5.74, 6) is 1.24. The number of nitrogens with one attached hydrogen (secondary N) is 1. The molecular formula is C40H63NO12. The Hall–Kier alpha value is -1.94. The van der Waals surface area contributed by atoms with Crippen LogP contribution < -0.4 is 5.32 Å². The lowest BCUT2D eigenvalue weighted by Crippen LogP contribution is -2.66. The van der Waals surface area contributed by atoms with Crippen LogP contribution in [-0.2, 0) is 28.5 Å². The van der Waals surface area contributed by atoms with Gasteiger partial charge in [-0.15, -0.1) is 0 Å². The number of aliphatic hydroxyl groups excluding tert-OH is 5. The van der Waals surface area contributed by atoms with Crippen molar-refractivity contribution in [2.45, 2.75) is 154 Å². The van der Waals surface area contributed by atoms with Gasteiger partial charge in [-0.2, -0.15) is 0 Å². The van der Waals surface area contributed by atoms with Crippen LogP contribution in [0.25, 0.3) is 0 Å². The van der Waals surface area contributed by atoms with Gasteiger partial charge in [0.15, 0.2) is 12.6 Å². The Morgan fingerprint density at radius 1 is 0.943 bits per heavy atom. The maximum absolute atomic E-state index is 13.5. The molecule has 0 bridgehead atoms. The summed E-state index contributed by atoms with van der Waals surface area (Å²) in [6.45, 7) is 9.38. The summed E-state index contributed by atoms with van der Waals surface area (Å²) in [7, 11) is 0. The van der Waals surface area contributed by atoms with E-state index in [0.29, 0.717) is 48.9 Å². The molecule has 17 atom stereocenters. The Bertz CT molecular complexity index is 1370. The Labute approximate surface area is 313 Å². The molecule has 0 aromatic rings. The van der Waals surface area contributed by atoms with Crippen LogP contribution in [0.4, 0.5) is 0 Å². The predicted molar refractivity (Wildman–Crippen MR) is 192 cm³/mol. The van der Waals surface area contributed by atoms with Gasteiger partial charge < -0.3 is 54.9 Å². The fourth-order valence-corrected chi connectivity index (χ4v) is 11.5. The summed E-state index contributed by atoms with van der Waals surface area (Å²) in [5, 5.41) is 65.5. The van der Waals surface area contributed by atoms with Gasteiger partial charge in [0.05, 0.1) is 24.7 Å². The molecule has 6 rings (SSSR count). The van der Waals surface area contributed by atoms with Crippen LogP contribution in [0.2, 0.25) is 0 Å². The van der Waals surface area contributed by atoms with Crippen LogP contribution in [-0.4, -0.2) is 117 Å². The summed E-state index contributed by atoms with van der Waals surface area (Å²) >= 11 is 0. The minimum atomic E-state index is -1.56. The van der Waals surface area contributed by atoms with Gasteiger partial charge in [-0.1, -0.05) is 51.5 Å². The van der Waals surface area contributed by atoms with Crippen LogP contribution in [0.15, 0.2) is 23.8 Å². The monoisotopic (exact) mass is 749 g/mol. The number of aliphatic carboxylic acids is 1. The zero-order valence-electron chi connectivity index (χ0n) is 31.9. The first-order valence-corrected chi connectivity index (χ1v) is 19.9. The van der Waals surface area contributed by atoms with Gasteiger partial charge in [-0.25, -0.2) is 0 Å². The van der Waals surface area contributed by atoms with Crippen LogP contribution >= 0.6 is 0 Å². The van der Waals surface area contributed by atoms with Gasteiger partial charge >= 0.3 is 5.97 Å². The van der Waals surface area contributed by atoms with E-state index in [1.165, 1.54) is 13.3 Å². The van der Waals surface area contributed by atoms with E-state index in [1.54, 1.807) is 0 Å². The van der Waals surface area contributed by atoms with Gasteiger partial charge in [0.1, 0.15) is 42.7 Å². The number of carboxylic acids is 1. The van der Waals surface area contributed by atoms with Crippen molar-refractivity contribution >= 4 is 11.9 Å². The summed E-state index contributed by atoms with van der Waals surface area (Å²) in [6.07, 6.45) is 2.91. The molecule has 7 N–H and O–H groups in total. The van der Waals surface area contributed by atoms with E-state index in [0.717, 1.165) is 37.7 Å². The van der Waals surface area contributed by atoms with Crippen molar-refractivity contribution in [3.8, 4) is 0 Å². The van der Waals surface area contributed by atoms with Crippen molar-refractivity contribution in [2.75, 3.05) is 13.2 Å². The third kappa shape index (κ3) is 7.51. The van der Waals surface area contributed by atoms with Gasteiger partial charge in [0.2, 0.25) is 5.91 Å². The molecule has 13 heteroatoms. The number of carboxylic acid groups (broad SMARTS) is 1. The summed E-state index contributed by atoms with van der Waals surface area (Å²) < 4.78 is 24.0. The largest absolute Gasteiger partial charge is 0.481 e. The highest BCUT2D eigenvalue weighted by Gasteiger charge is 2.63. The van der Waals surface area contributed by atoms with E-state index in [4.69, 9.17) is 18.9 Å². The van der Waals surface area contributed by atoms with Gasteiger partial charge in [-0.05, 0) is 98.7 Å². The highest BCUT2D eigenvalue weighted by molar-refractivity contribution is 5.80. The molecule has 0 spiro atoms. The second kappa shape index (κ2) is 16.3. The van der Waals surface area contributed by atoms with Gasteiger partial charge in [0.25, 0.3) is 0 Å². The van der Waals surface area contributed by atoms with E-state index >= 15 is 0 Å². The van der Waals surface area contributed by atoms with Crippen LogP contribution in [0, 0.1) is 46.3 Å². The Morgan fingerprint density at radius 2 is 1.64 bits per heavy atom. The van der Waals surface area contributed by atoms with E-state index in [2.05, 4.69) is 51.2 Å². The Kier molecular flexibility index (Phi) is 12.5. The van der Waals surface area contributed by atoms with E-state index in [9.17, 15) is 40.2 Å². The Morgan fingerprint density at radius 3 is 2.28 bits per heavy atom. The number of rotatable bonds is 12. The lowest BCUT2D eigenvalue weighted by atomic mass is 9.46. The third-order valence-corrected chi connectivity index (χ3v) is 14.1. The molecule has 4 aliphatic carbocycles. The number of hydrogen-bond donors (Lipinski definition) is 7. The van der Waals surface area contributed by atoms with E-state index < -0.39 is 91.9 Å². The van der Waals surface area contributed by atoms with Crippen molar-refractivity contribution in [1.82, 2.24) is 5.32 Å². The smallest absolute Gasteiger partial charge is 0.314 e. The fraction of sp³-hybridized carbons (Fsp3) is 0.850. The highest BCUT2D eigenvalue weighted by Crippen LogP contribution is 2.67. The standard InChI is InChI=1S/C40H63NO12/c1-20(2)7-6-8-21(3)26-11-12-27-25-10-9-23-17-24(13-16-40(23,38(48)49)28(25)14-15-39(26,27)5)50-36-31(41-22(4)44)35(33(46)30(19-43)51-36)53-37-34(47)32(45)29(18-42)52-37/h6,8-9,20-21,24-37,42-43,45-47H,7,10-19H2,1-5H3,(H,41,44)(H,48,49)/b8-6+/t21-,24+,25+,26-,27+,28?,29-,30-,31-,32-,33-,34+,35-,36-,37+,39-,40-/m1/s1. The normalized spacial score (nSPS) is 46.1. The molecule has 13 nitrogen and oxygen atoms in total. The Balaban J connectivity index is 1.20. The number of hydrogen-bond acceptors (Lipinski definition) is 11. The minimum absolute atomic E-state index is 0.0326. The second-order valence-electron chi connectivity index (χ2n) is 17.5. The van der Waals surface area contributed by atoms with Crippen LogP contribution in [0.3, 0.4) is 0 Å². The molecule has 3 saturated carbocycles. The lowest BCUT2D eigenvalue weighted by Gasteiger charge is -2.58. The second-order valence-corrected chi connectivity index (χ2v) is 17.5. The molecule has 0 aromatic heterocycles. The first-order chi connectivity index (χ1) is 25.2. The van der Waals surface area contributed by atoms with Crippen molar-refractivity contribution in [2.24, 2.45) is 46.3 Å². The zero-order chi connectivity index (χ0) is 38.4. The van der Waals surface area contributed by atoms with Gasteiger partial charge in [-0.3, -0.25) is 9.59 Å². The maximum Gasteiger partial charge on any atom is 0.314 e. The quantitative estimate of drug-likeness (QED) is 0.144. The number of allylic oxidation sites excluding steroid dienone is 3. The summed E-state index contributed by atoms with van der Waals surface area (Å²) in [5.41, 5.74) is 0.0645. The number of carbonyl (C=O) groups is 2. The average Bonchev–Trinajstić information content (AvgIpc) is 3.61. The molecular weight excluding hydrogens is 686 g/mol. The molecule has 5 fully saturated rings. The highest BCUT2D eigenvalue weighted by atomic mass is 16.7. The molecule has 0 radical (unpaired) electrons. The molecule has 2 saturated heterocycles. The van der Waals surface area contributed by atoms with Crippen molar-refractivity contribution in [1.29, 1.82) is 0 Å². The van der Waals surface area contributed by atoms with Crippen molar-refractivity contribution < 1.29 is 59.2 Å². The molecule has 6 aliphatic rings. The van der Waals surface area contributed by atoms with Gasteiger partial charge in [0, 0.05) is 6.92 Å². The molecule has 2 aliphatic heterocycles. The first kappa shape index (κ1) is 40.7. The molecule has 1 amide bonds. The number of aliphatic hydroxyl groups is 5. The number of ether oxygens (including phenoxy) is 4. The van der Waals surface area contributed by atoms with E-state index in [-0.39, 0.29) is 11.3 Å². The molecule has 53 heavy (non-hydrogen) atoms. The number of amides is 1. The topological polar surface area (TPSA) is 204 Å². The van der Waals surface area contributed by atoms with Crippen molar-refractivity contribution in [3.63, 3.8) is 0 Å². The molecule has 2 heterocycles. The predicted octanol–water partition coefficient (Wildman–Crippen LogP) is 2.66. The van der Waals surface area contributed by atoms with Crippen LogP contribution in [0.1, 0.15) is 92.4 Å². The zero-order valence-corrected chi connectivity index (χ0v) is 31.9. The maximum atomic E-state index is 13.5. The fourth-order valence-electron chi connectivity index (χ4n) is 11.5. The molecule has 300 valence electrons. The van der Waals surface area contributed by atoms with E-state index in [1.807, 2.05) is 0 Å². The number of carbonyl (C=O) groups excluding carboxylic acids is 1. The summed E-state index contributed by atoms with van der Waals surface area (Å²) in [4.78, 5) is 25.9. The first-order valence-electron chi connectivity index (χ1n) is 19.9. The number of fused-ring (bicyclic) bond motifs is 5. The third-order valence-electron chi connectivity index (χ3n) is 14.1. The SMILES string of the molecule is CC(=O)N[C@H]1[C@H](O[C@H]2CC[C@@]3(C(=O)O)C(=CC[C@@H]4C3CC[C@]3(C)[C@@H]([C@H](C)/C=C/CC(C)C)CC[C@@H]43)C2)O[C@H](CO)[C@@H](O)[C@@H]1O[C@@H]1O[C@H](CO)[C@@H](O)[C@@H]1O. The van der Waals surface area contributed by atoms with Crippen molar-refractivity contribution in [3.05, 3.63) is 23.8 Å². The molecule has 1 unspecified atom stereocenters. The summed E-state index contributed by atoms with van der Waals surface area (Å²) in [6, 6.07) is -1.13.